The summed E-state index contributed by atoms with van der Waals surface area (Å²) in [5.41, 5.74) is 9.49. The van der Waals surface area contributed by atoms with Crippen molar-refractivity contribution in [1.29, 1.82) is 0 Å². The number of likely N-dealkylation sites (N-methyl/N-ethyl adjacent to an activating group) is 1. The number of nitrogens with zero attached hydrogens (tertiary/aromatic N) is 2. The van der Waals surface area contributed by atoms with Crippen LogP contribution in [0.3, 0.4) is 0 Å². The molecule has 0 aromatic heterocycles. The van der Waals surface area contributed by atoms with Gasteiger partial charge in [0.25, 0.3) is 0 Å². The number of ether oxygens (including phenoxy) is 2. The van der Waals surface area contributed by atoms with E-state index in [1.165, 1.54) is 11.3 Å². The molecule has 0 atom stereocenters. The Balaban J connectivity index is 0.00000392. The molecular formula is C21H31BrN4O2. The predicted molar refractivity (Wildman–Crippen MR) is 122 cm³/mol. The number of aliphatic imine (C=N–C) groups is 1. The van der Waals surface area contributed by atoms with E-state index in [9.17, 15) is 0 Å². The minimum atomic E-state index is 0. The highest BCUT2D eigenvalue weighted by Gasteiger charge is 2.06. The van der Waals surface area contributed by atoms with E-state index in [-0.39, 0.29) is 17.0 Å². The fourth-order valence-corrected chi connectivity index (χ4v) is 2.82. The fraction of sp³-hybridized carbons (Fsp3) is 0.381. The Labute approximate surface area is 178 Å². The van der Waals surface area contributed by atoms with Gasteiger partial charge in [-0.3, -0.25) is 0 Å². The summed E-state index contributed by atoms with van der Waals surface area (Å²) in [7, 11) is 3.24. The van der Waals surface area contributed by atoms with Crippen LogP contribution in [0.25, 0.3) is 0 Å². The van der Waals surface area contributed by atoms with Crippen LogP contribution in [-0.4, -0.2) is 39.8 Å². The number of methoxy groups -OCH3 is 2. The summed E-state index contributed by atoms with van der Waals surface area (Å²) < 4.78 is 10.6. The molecule has 154 valence electrons. The van der Waals surface area contributed by atoms with Gasteiger partial charge in [0.15, 0.2) is 17.5 Å². The molecule has 0 heterocycles. The Morgan fingerprint density at radius 2 is 1.86 bits per heavy atom. The number of halogens is 1. The largest absolute Gasteiger partial charge is 0.493 e. The van der Waals surface area contributed by atoms with E-state index in [1.807, 2.05) is 18.2 Å². The van der Waals surface area contributed by atoms with Gasteiger partial charge in [-0.05, 0) is 49.2 Å². The molecule has 0 amide bonds. The Hall–Kier alpha value is -2.41. The topological polar surface area (TPSA) is 72.1 Å². The van der Waals surface area contributed by atoms with E-state index in [4.69, 9.17) is 15.2 Å². The second-order valence-corrected chi connectivity index (χ2v) is 6.24. The molecule has 0 saturated heterocycles. The molecule has 2 rings (SSSR count). The third-order valence-electron chi connectivity index (χ3n) is 4.32. The molecule has 6 nitrogen and oxygen atoms in total. The molecule has 2 aromatic rings. The maximum absolute atomic E-state index is 6.00. The average Bonchev–Trinajstić information content (AvgIpc) is 2.69. The van der Waals surface area contributed by atoms with Gasteiger partial charge in [-0.1, -0.05) is 18.2 Å². The van der Waals surface area contributed by atoms with Gasteiger partial charge in [0.1, 0.15) is 0 Å². The summed E-state index contributed by atoms with van der Waals surface area (Å²) in [5, 5.41) is 3.18. The first-order valence-corrected chi connectivity index (χ1v) is 9.13. The van der Waals surface area contributed by atoms with Crippen LogP contribution in [-0.2, 0) is 6.54 Å². The average molecular weight is 451 g/mol. The Morgan fingerprint density at radius 1 is 1.11 bits per heavy atom. The van der Waals surface area contributed by atoms with E-state index in [0.29, 0.717) is 24.0 Å². The van der Waals surface area contributed by atoms with E-state index < -0.39 is 0 Å². The number of rotatable bonds is 9. The lowest BCUT2D eigenvalue weighted by Crippen LogP contribution is -2.38. The molecule has 0 aliphatic rings. The molecule has 28 heavy (non-hydrogen) atoms. The lowest BCUT2D eigenvalue weighted by atomic mass is 10.2. The monoisotopic (exact) mass is 450 g/mol. The van der Waals surface area contributed by atoms with Crippen molar-refractivity contribution in [1.82, 2.24) is 5.32 Å². The number of nitrogens with two attached hydrogens (primary N) is 1. The van der Waals surface area contributed by atoms with Gasteiger partial charge in [0.05, 0.1) is 20.8 Å². The number of hydrogen-bond acceptors (Lipinski definition) is 4. The molecule has 2 aromatic carbocycles. The van der Waals surface area contributed by atoms with Crippen LogP contribution in [0.2, 0.25) is 0 Å². The Morgan fingerprint density at radius 3 is 2.50 bits per heavy atom. The van der Waals surface area contributed by atoms with E-state index >= 15 is 0 Å². The molecule has 0 spiro atoms. The van der Waals surface area contributed by atoms with Crippen LogP contribution in [0.4, 0.5) is 5.69 Å². The van der Waals surface area contributed by atoms with Crippen LogP contribution in [0.5, 0.6) is 11.5 Å². The van der Waals surface area contributed by atoms with E-state index in [0.717, 1.165) is 25.2 Å². The quantitative estimate of drug-likeness (QED) is 0.451. The van der Waals surface area contributed by atoms with Crippen molar-refractivity contribution in [3.8, 4) is 11.5 Å². The van der Waals surface area contributed by atoms with Gasteiger partial charge in [-0.2, -0.15) is 0 Å². The molecule has 0 radical (unpaired) electrons. The lowest BCUT2D eigenvalue weighted by Gasteiger charge is -2.23. The molecule has 0 aliphatic heterocycles. The molecule has 0 saturated carbocycles. The minimum absolute atomic E-state index is 0. The standard InChI is InChI=1S/C21H30N4O2.BrH/c1-5-25(18-8-6-7-16(2)13-18)12-11-23-21(22)24-15-17-9-10-19(26-3)20(14-17)27-4;/h6-10,13-14H,5,11-12,15H2,1-4H3,(H3,22,23,24);1H. The highest BCUT2D eigenvalue weighted by molar-refractivity contribution is 8.93. The Bertz CT molecular complexity index is 768. The van der Waals surface area contributed by atoms with Crippen LogP contribution >= 0.6 is 17.0 Å². The zero-order valence-corrected chi connectivity index (χ0v) is 18.8. The predicted octanol–water partition coefficient (Wildman–Crippen LogP) is 3.52. The zero-order chi connectivity index (χ0) is 19.6. The molecule has 0 bridgehead atoms. The summed E-state index contributed by atoms with van der Waals surface area (Å²) in [5.74, 6) is 1.82. The van der Waals surface area contributed by atoms with Gasteiger partial charge in [-0.25, -0.2) is 4.99 Å². The summed E-state index contributed by atoms with van der Waals surface area (Å²) >= 11 is 0. The van der Waals surface area contributed by atoms with Crippen LogP contribution in [0.1, 0.15) is 18.1 Å². The van der Waals surface area contributed by atoms with Crippen LogP contribution < -0.4 is 25.4 Å². The molecular weight excluding hydrogens is 420 g/mol. The molecule has 3 N–H and O–H groups in total. The number of anilines is 1. The molecule has 0 fully saturated rings. The van der Waals surface area contributed by atoms with Gasteiger partial charge >= 0.3 is 0 Å². The van der Waals surface area contributed by atoms with Crippen molar-refractivity contribution >= 4 is 28.6 Å². The third kappa shape index (κ3) is 6.96. The summed E-state index contributed by atoms with van der Waals surface area (Å²) in [6.07, 6.45) is 0. The first kappa shape index (κ1) is 23.6. The second kappa shape index (κ2) is 12.1. The maximum Gasteiger partial charge on any atom is 0.188 e. The SMILES string of the molecule is Br.CCN(CCNC(N)=NCc1ccc(OC)c(OC)c1)c1cccc(C)c1. The summed E-state index contributed by atoms with van der Waals surface area (Å²) in [4.78, 5) is 6.71. The number of benzene rings is 2. The van der Waals surface area contributed by atoms with Crippen molar-refractivity contribution in [2.75, 3.05) is 38.8 Å². The Kier molecular flexibility index (Phi) is 10.2. The van der Waals surface area contributed by atoms with Crippen LogP contribution in [0, 0.1) is 6.92 Å². The first-order valence-electron chi connectivity index (χ1n) is 9.13. The fourth-order valence-electron chi connectivity index (χ4n) is 2.82. The number of hydrogen-bond donors (Lipinski definition) is 2. The van der Waals surface area contributed by atoms with Gasteiger partial charge in [0, 0.05) is 25.3 Å². The summed E-state index contributed by atoms with van der Waals surface area (Å²) in [6.45, 7) is 7.25. The van der Waals surface area contributed by atoms with Gasteiger partial charge in [0.2, 0.25) is 0 Å². The highest BCUT2D eigenvalue weighted by atomic mass is 79.9. The number of nitrogens with one attached hydrogen (secondary N) is 1. The number of aryl methyl sites for hydroxylation is 1. The summed E-state index contributed by atoms with van der Waals surface area (Å²) in [6, 6.07) is 14.2. The van der Waals surface area contributed by atoms with Crippen molar-refractivity contribution in [3.05, 3.63) is 53.6 Å². The zero-order valence-electron chi connectivity index (χ0n) is 17.1. The first-order chi connectivity index (χ1) is 13.1. The van der Waals surface area contributed by atoms with E-state index in [1.54, 1.807) is 14.2 Å². The highest BCUT2D eigenvalue weighted by Crippen LogP contribution is 2.27. The second-order valence-electron chi connectivity index (χ2n) is 6.24. The normalized spacial score (nSPS) is 10.8. The lowest BCUT2D eigenvalue weighted by molar-refractivity contribution is 0.354. The van der Waals surface area contributed by atoms with Crippen LogP contribution in [0.15, 0.2) is 47.5 Å². The number of guanidine groups is 1. The third-order valence-corrected chi connectivity index (χ3v) is 4.32. The molecule has 7 heteroatoms. The van der Waals surface area contributed by atoms with Crippen molar-refractivity contribution < 1.29 is 9.47 Å². The maximum atomic E-state index is 6.00. The van der Waals surface area contributed by atoms with Gasteiger partial charge < -0.3 is 25.4 Å². The smallest absolute Gasteiger partial charge is 0.188 e. The minimum Gasteiger partial charge on any atom is -0.493 e. The van der Waals surface area contributed by atoms with E-state index in [2.05, 4.69) is 53.3 Å². The van der Waals surface area contributed by atoms with Crippen molar-refractivity contribution in [2.24, 2.45) is 10.7 Å². The van der Waals surface area contributed by atoms with Gasteiger partial charge in [-0.15, -0.1) is 17.0 Å². The van der Waals surface area contributed by atoms with Crippen molar-refractivity contribution in [3.63, 3.8) is 0 Å². The van der Waals surface area contributed by atoms with Crippen molar-refractivity contribution in [2.45, 2.75) is 20.4 Å². The molecule has 0 unspecified atom stereocenters. The molecule has 0 aliphatic carbocycles.